The first-order valence-electron chi connectivity index (χ1n) is 4.83. The Hall–Kier alpha value is -0.870. The van der Waals surface area contributed by atoms with Crippen LogP contribution in [0.5, 0.6) is 0 Å². The van der Waals surface area contributed by atoms with Crippen LogP contribution in [0.15, 0.2) is 18.2 Å². The first-order valence-corrected chi connectivity index (χ1v) is 6.18. The molecule has 1 amide bonds. The molecule has 1 atom stereocenters. The summed E-state index contributed by atoms with van der Waals surface area (Å²) in [6, 6.07) is 5.20. The van der Waals surface area contributed by atoms with Crippen molar-refractivity contribution in [2.24, 2.45) is 0 Å². The molecule has 3 nitrogen and oxygen atoms in total. The zero-order chi connectivity index (χ0) is 11.7. The molecule has 16 heavy (non-hydrogen) atoms. The van der Waals surface area contributed by atoms with Gasteiger partial charge in [0.2, 0.25) is 5.91 Å². The zero-order valence-corrected chi connectivity index (χ0v) is 10.6. The molecule has 1 heterocycles. The fraction of sp³-hybridized carbons (Fsp3) is 0.273. The number of fused-ring (bicyclic) bond motifs is 1. The summed E-state index contributed by atoms with van der Waals surface area (Å²) in [6.45, 7) is 0. The van der Waals surface area contributed by atoms with Crippen LogP contribution >= 0.6 is 27.5 Å². The average Bonchev–Trinajstić information content (AvgIpc) is 2.27. The van der Waals surface area contributed by atoms with E-state index in [0.29, 0.717) is 18.4 Å². The lowest BCUT2D eigenvalue weighted by Crippen LogP contribution is -2.19. The molecule has 0 saturated heterocycles. The molecule has 1 aliphatic heterocycles. The van der Waals surface area contributed by atoms with Crippen molar-refractivity contribution >= 4 is 44.9 Å². The molecular weight excluding hydrogens is 293 g/mol. The average molecular weight is 303 g/mol. The number of hydrogen-bond donors (Lipinski definition) is 1. The van der Waals surface area contributed by atoms with Crippen molar-refractivity contribution in [3.05, 3.63) is 29.3 Å². The fourth-order valence-electron chi connectivity index (χ4n) is 1.66. The smallest absolute Gasteiger partial charge is 0.224 e. The molecule has 1 aliphatic rings. The number of carbonyl (C=O) groups excluding carboxylic acids is 2. The van der Waals surface area contributed by atoms with Crippen LogP contribution in [0, 0.1) is 0 Å². The third kappa shape index (κ3) is 2.28. The number of aryl methyl sites for hydroxylation is 1. The van der Waals surface area contributed by atoms with Crippen molar-refractivity contribution in [2.45, 2.75) is 17.1 Å². The molecule has 0 saturated carbocycles. The minimum atomic E-state index is -0.705. The lowest BCUT2D eigenvalue weighted by Gasteiger charge is -2.17. The fourth-order valence-corrected chi connectivity index (χ4v) is 2.05. The molecule has 2 rings (SSSR count). The van der Waals surface area contributed by atoms with Gasteiger partial charge in [0.05, 0.1) is 0 Å². The van der Waals surface area contributed by atoms with Crippen molar-refractivity contribution < 1.29 is 9.59 Å². The largest absolute Gasteiger partial charge is 0.326 e. The molecule has 1 N–H and O–H groups in total. The summed E-state index contributed by atoms with van der Waals surface area (Å²) < 4.78 is -0.705. The van der Waals surface area contributed by atoms with E-state index in [1.807, 2.05) is 0 Å². The van der Waals surface area contributed by atoms with Gasteiger partial charge in [-0.2, -0.15) is 0 Å². The topological polar surface area (TPSA) is 46.2 Å². The SMILES string of the molecule is O=C1CCc2cc(C(=O)C(Cl)Br)ccc2N1. The number of ketones is 1. The molecule has 0 aromatic heterocycles. The molecular formula is C11H9BrClNO2. The highest BCUT2D eigenvalue weighted by Gasteiger charge is 2.18. The number of amides is 1. The van der Waals surface area contributed by atoms with Gasteiger partial charge in [0.25, 0.3) is 0 Å². The van der Waals surface area contributed by atoms with E-state index in [0.717, 1.165) is 11.3 Å². The van der Waals surface area contributed by atoms with Crippen molar-refractivity contribution in [1.29, 1.82) is 0 Å². The molecule has 84 valence electrons. The molecule has 0 fully saturated rings. The predicted octanol–water partition coefficient (Wildman–Crippen LogP) is 2.71. The quantitative estimate of drug-likeness (QED) is 0.674. The maximum absolute atomic E-state index is 11.6. The standard InChI is InChI=1S/C11H9BrClNO2/c12-11(13)10(16)7-1-3-8-6(5-7)2-4-9(15)14-8/h1,3,5,11H,2,4H2,(H,14,15). The maximum atomic E-state index is 11.6. The molecule has 1 unspecified atom stereocenters. The molecule has 0 spiro atoms. The van der Waals surface area contributed by atoms with Gasteiger partial charge in [0, 0.05) is 17.7 Å². The Balaban J connectivity index is 2.33. The van der Waals surface area contributed by atoms with Crippen LogP contribution < -0.4 is 5.32 Å². The summed E-state index contributed by atoms with van der Waals surface area (Å²) >= 11 is 8.69. The second-order valence-corrected chi connectivity index (χ2v) is 5.46. The van der Waals surface area contributed by atoms with Crippen LogP contribution in [-0.4, -0.2) is 16.0 Å². The number of benzene rings is 1. The second-order valence-electron chi connectivity index (χ2n) is 3.59. The third-order valence-corrected chi connectivity index (χ3v) is 3.10. The van der Waals surface area contributed by atoms with Gasteiger partial charge in [-0.15, -0.1) is 11.6 Å². The summed E-state index contributed by atoms with van der Waals surface area (Å²) in [7, 11) is 0. The first kappa shape index (κ1) is 11.6. The number of carbonyl (C=O) groups is 2. The van der Waals surface area contributed by atoms with E-state index >= 15 is 0 Å². The highest BCUT2D eigenvalue weighted by Crippen LogP contribution is 2.25. The van der Waals surface area contributed by atoms with E-state index in [2.05, 4.69) is 21.2 Å². The Morgan fingerprint density at radius 2 is 2.19 bits per heavy atom. The monoisotopic (exact) mass is 301 g/mol. The van der Waals surface area contributed by atoms with Crippen LogP contribution in [0.2, 0.25) is 0 Å². The number of alkyl halides is 2. The number of Topliss-reactive ketones (excluding diaryl/α,β-unsaturated/α-hetero) is 1. The molecule has 0 aliphatic carbocycles. The highest BCUT2D eigenvalue weighted by molar-refractivity contribution is 9.10. The first-order chi connectivity index (χ1) is 7.58. The zero-order valence-electron chi connectivity index (χ0n) is 8.30. The summed E-state index contributed by atoms with van der Waals surface area (Å²) in [5.74, 6) is -0.149. The van der Waals surface area contributed by atoms with Crippen LogP contribution in [0.25, 0.3) is 0 Å². The van der Waals surface area contributed by atoms with Gasteiger partial charge in [-0.25, -0.2) is 0 Å². The van der Waals surface area contributed by atoms with Crippen LogP contribution in [0.1, 0.15) is 22.3 Å². The third-order valence-electron chi connectivity index (χ3n) is 2.48. The normalized spacial score (nSPS) is 16.2. The summed E-state index contributed by atoms with van der Waals surface area (Å²) in [5, 5.41) is 2.76. The second kappa shape index (κ2) is 4.55. The minimum absolute atomic E-state index is 0.0160. The van der Waals surface area contributed by atoms with Crippen molar-refractivity contribution in [2.75, 3.05) is 5.32 Å². The Labute approximate surface area is 106 Å². The van der Waals surface area contributed by atoms with E-state index in [1.165, 1.54) is 0 Å². The van der Waals surface area contributed by atoms with Gasteiger partial charge in [0.1, 0.15) is 0 Å². The Bertz CT molecular complexity index is 459. The van der Waals surface area contributed by atoms with Gasteiger partial charge >= 0.3 is 0 Å². The molecule has 5 heteroatoms. The molecule has 1 aromatic rings. The van der Waals surface area contributed by atoms with Crippen LogP contribution in [-0.2, 0) is 11.2 Å². The van der Waals surface area contributed by atoms with Crippen LogP contribution in [0.3, 0.4) is 0 Å². The van der Waals surface area contributed by atoms with E-state index in [4.69, 9.17) is 11.6 Å². The lowest BCUT2D eigenvalue weighted by atomic mass is 9.99. The Kier molecular flexibility index (Phi) is 3.30. The van der Waals surface area contributed by atoms with E-state index < -0.39 is 4.29 Å². The van der Waals surface area contributed by atoms with E-state index in [-0.39, 0.29) is 11.7 Å². The number of nitrogens with one attached hydrogen (secondary N) is 1. The molecule has 0 bridgehead atoms. The lowest BCUT2D eigenvalue weighted by molar-refractivity contribution is -0.116. The molecule has 1 aromatic carbocycles. The summed E-state index contributed by atoms with van der Waals surface area (Å²) in [5.41, 5.74) is 2.33. The highest BCUT2D eigenvalue weighted by atomic mass is 79.9. The van der Waals surface area contributed by atoms with E-state index in [1.54, 1.807) is 18.2 Å². The van der Waals surface area contributed by atoms with Crippen LogP contribution in [0.4, 0.5) is 5.69 Å². The van der Waals surface area contributed by atoms with Gasteiger partial charge in [-0.1, -0.05) is 15.9 Å². The summed E-state index contributed by atoms with van der Waals surface area (Å²) in [6.07, 6.45) is 1.13. The number of anilines is 1. The van der Waals surface area contributed by atoms with Crippen molar-refractivity contribution in [3.63, 3.8) is 0 Å². The predicted molar refractivity (Wildman–Crippen MR) is 66.3 cm³/mol. The Morgan fingerprint density at radius 3 is 2.88 bits per heavy atom. The molecule has 0 radical (unpaired) electrons. The van der Waals surface area contributed by atoms with Gasteiger partial charge in [0.15, 0.2) is 10.1 Å². The number of rotatable bonds is 2. The maximum Gasteiger partial charge on any atom is 0.224 e. The Morgan fingerprint density at radius 1 is 1.44 bits per heavy atom. The van der Waals surface area contributed by atoms with Gasteiger partial charge in [-0.3, -0.25) is 9.59 Å². The minimum Gasteiger partial charge on any atom is -0.326 e. The van der Waals surface area contributed by atoms with Crippen molar-refractivity contribution in [3.8, 4) is 0 Å². The van der Waals surface area contributed by atoms with Gasteiger partial charge in [-0.05, 0) is 30.2 Å². The van der Waals surface area contributed by atoms with Crippen molar-refractivity contribution in [1.82, 2.24) is 0 Å². The number of hydrogen-bond acceptors (Lipinski definition) is 2. The van der Waals surface area contributed by atoms with E-state index in [9.17, 15) is 9.59 Å². The van der Waals surface area contributed by atoms with Gasteiger partial charge < -0.3 is 5.32 Å². The number of halogens is 2. The summed E-state index contributed by atoms with van der Waals surface area (Å²) in [4.78, 5) is 22.8.